The van der Waals surface area contributed by atoms with Crippen LogP contribution >= 0.6 is 0 Å². The molecule has 1 aliphatic rings. The minimum Gasteiger partial charge on any atom is -0.491 e. The van der Waals surface area contributed by atoms with Gasteiger partial charge in [0.25, 0.3) is 0 Å². The van der Waals surface area contributed by atoms with Gasteiger partial charge in [0, 0.05) is 49.2 Å². The number of likely N-dealkylation sites (N-methyl/N-ethyl adjacent to an activating group) is 1. The first-order chi connectivity index (χ1) is 9.49. The van der Waals surface area contributed by atoms with Crippen molar-refractivity contribution in [1.82, 2.24) is 4.90 Å². The molecule has 112 valence electrons. The molecule has 1 atom stereocenters. The van der Waals surface area contributed by atoms with Crippen molar-refractivity contribution in [3.05, 3.63) is 18.2 Å². The van der Waals surface area contributed by atoms with E-state index in [1.807, 2.05) is 26.0 Å². The molecule has 4 nitrogen and oxygen atoms in total. The number of hydrogen-bond acceptors (Lipinski definition) is 4. The lowest BCUT2D eigenvalue weighted by atomic mass is 10.1. The molecule has 0 radical (unpaired) electrons. The van der Waals surface area contributed by atoms with Gasteiger partial charge in [-0.1, -0.05) is 6.92 Å². The molecule has 0 aliphatic carbocycles. The number of hydrogen-bond donors (Lipinski definition) is 1. The molecule has 1 aromatic rings. The summed E-state index contributed by atoms with van der Waals surface area (Å²) >= 11 is 0. The largest absolute Gasteiger partial charge is 0.491 e. The van der Waals surface area contributed by atoms with Crippen LogP contribution in [0.15, 0.2) is 18.2 Å². The van der Waals surface area contributed by atoms with Crippen molar-refractivity contribution in [3.63, 3.8) is 0 Å². The maximum absolute atomic E-state index is 6.02. The van der Waals surface area contributed by atoms with Crippen molar-refractivity contribution >= 4 is 11.4 Å². The monoisotopic (exact) mass is 277 g/mol. The molecule has 1 saturated heterocycles. The van der Waals surface area contributed by atoms with Gasteiger partial charge in [0.2, 0.25) is 0 Å². The number of anilines is 2. The number of piperazine rings is 1. The molecule has 0 aromatic heterocycles. The van der Waals surface area contributed by atoms with Crippen molar-refractivity contribution in [1.29, 1.82) is 0 Å². The standard InChI is InChI=1S/C16H27N3O/c1-5-14-11-19(7-6-18(14)4)15-8-13(17)9-16(10-15)20-12(2)3/h8-10,12,14H,5-7,11,17H2,1-4H3. The van der Waals surface area contributed by atoms with Crippen LogP contribution in [0.25, 0.3) is 0 Å². The molecule has 1 aromatic carbocycles. The Morgan fingerprint density at radius 3 is 2.70 bits per heavy atom. The lowest BCUT2D eigenvalue weighted by Gasteiger charge is -2.40. The fourth-order valence-corrected chi connectivity index (χ4v) is 2.75. The molecule has 0 saturated carbocycles. The molecule has 1 aliphatic heterocycles. The molecule has 0 amide bonds. The Kier molecular flexibility index (Phi) is 4.76. The van der Waals surface area contributed by atoms with Crippen LogP contribution in [0.1, 0.15) is 27.2 Å². The first kappa shape index (κ1) is 15.0. The summed E-state index contributed by atoms with van der Waals surface area (Å²) in [4.78, 5) is 4.85. The Morgan fingerprint density at radius 1 is 1.30 bits per heavy atom. The highest BCUT2D eigenvalue weighted by atomic mass is 16.5. The fourth-order valence-electron chi connectivity index (χ4n) is 2.75. The summed E-state index contributed by atoms with van der Waals surface area (Å²) in [5.41, 5.74) is 7.96. The fraction of sp³-hybridized carbons (Fsp3) is 0.625. The second-order valence-corrected chi connectivity index (χ2v) is 5.92. The van der Waals surface area contributed by atoms with E-state index >= 15 is 0 Å². The van der Waals surface area contributed by atoms with Crippen LogP contribution in [-0.4, -0.2) is 43.7 Å². The van der Waals surface area contributed by atoms with Crippen molar-refractivity contribution < 1.29 is 4.74 Å². The second kappa shape index (κ2) is 6.35. The predicted molar refractivity (Wildman–Crippen MR) is 85.5 cm³/mol. The van der Waals surface area contributed by atoms with E-state index in [0.29, 0.717) is 6.04 Å². The third-order valence-electron chi connectivity index (χ3n) is 3.90. The van der Waals surface area contributed by atoms with Gasteiger partial charge >= 0.3 is 0 Å². The summed E-state index contributed by atoms with van der Waals surface area (Å²) < 4.78 is 5.78. The van der Waals surface area contributed by atoms with Gasteiger partial charge in [-0.05, 0) is 33.4 Å². The smallest absolute Gasteiger partial charge is 0.123 e. The van der Waals surface area contributed by atoms with E-state index < -0.39 is 0 Å². The molecule has 0 bridgehead atoms. The molecule has 4 heteroatoms. The molecular formula is C16H27N3O. The lowest BCUT2D eigenvalue weighted by Crippen LogP contribution is -2.51. The van der Waals surface area contributed by atoms with Crippen LogP contribution in [0.5, 0.6) is 5.75 Å². The minimum absolute atomic E-state index is 0.167. The van der Waals surface area contributed by atoms with Crippen LogP contribution < -0.4 is 15.4 Å². The zero-order valence-electron chi connectivity index (χ0n) is 13.1. The van der Waals surface area contributed by atoms with Crippen LogP contribution in [0.2, 0.25) is 0 Å². The summed E-state index contributed by atoms with van der Waals surface area (Å²) in [6.45, 7) is 9.50. The maximum atomic E-state index is 6.02. The number of benzene rings is 1. The van der Waals surface area contributed by atoms with Gasteiger partial charge in [0.15, 0.2) is 0 Å². The Hall–Kier alpha value is -1.42. The molecule has 0 spiro atoms. The van der Waals surface area contributed by atoms with Gasteiger partial charge in [-0.2, -0.15) is 0 Å². The van der Waals surface area contributed by atoms with E-state index in [2.05, 4.69) is 29.8 Å². The first-order valence-electron chi connectivity index (χ1n) is 7.52. The summed E-state index contributed by atoms with van der Waals surface area (Å²) in [6, 6.07) is 6.66. The van der Waals surface area contributed by atoms with Crippen LogP contribution in [-0.2, 0) is 0 Å². The predicted octanol–water partition coefficient (Wildman–Crippen LogP) is 2.59. The van der Waals surface area contributed by atoms with E-state index in [1.54, 1.807) is 0 Å². The Bertz CT molecular complexity index is 447. The Morgan fingerprint density at radius 2 is 2.05 bits per heavy atom. The van der Waals surface area contributed by atoms with Crippen LogP contribution in [0, 0.1) is 0 Å². The van der Waals surface area contributed by atoms with E-state index in [0.717, 1.165) is 31.1 Å². The SMILES string of the molecule is CCC1CN(c2cc(N)cc(OC(C)C)c2)CCN1C. The minimum atomic E-state index is 0.167. The number of ether oxygens (including phenoxy) is 1. The molecule has 20 heavy (non-hydrogen) atoms. The molecule has 1 unspecified atom stereocenters. The normalized spacial score (nSPS) is 20.4. The third-order valence-corrected chi connectivity index (χ3v) is 3.90. The van der Waals surface area contributed by atoms with Gasteiger partial charge in [-0.25, -0.2) is 0 Å². The summed E-state index contributed by atoms with van der Waals surface area (Å²) in [6.07, 6.45) is 1.34. The highest BCUT2D eigenvalue weighted by Gasteiger charge is 2.23. The molecule has 1 fully saturated rings. The van der Waals surface area contributed by atoms with E-state index in [4.69, 9.17) is 10.5 Å². The van der Waals surface area contributed by atoms with Gasteiger partial charge in [-0.15, -0.1) is 0 Å². The maximum Gasteiger partial charge on any atom is 0.123 e. The second-order valence-electron chi connectivity index (χ2n) is 5.92. The zero-order valence-corrected chi connectivity index (χ0v) is 13.1. The topological polar surface area (TPSA) is 41.7 Å². The van der Waals surface area contributed by atoms with Gasteiger partial charge in [0.05, 0.1) is 6.10 Å². The lowest BCUT2D eigenvalue weighted by molar-refractivity contribution is 0.213. The van der Waals surface area contributed by atoms with E-state index in [1.165, 1.54) is 12.1 Å². The van der Waals surface area contributed by atoms with Crippen molar-refractivity contribution in [2.75, 3.05) is 37.3 Å². The van der Waals surface area contributed by atoms with E-state index in [-0.39, 0.29) is 6.10 Å². The molecular weight excluding hydrogens is 250 g/mol. The highest BCUT2D eigenvalue weighted by molar-refractivity contribution is 5.61. The van der Waals surface area contributed by atoms with Crippen molar-refractivity contribution in [2.24, 2.45) is 0 Å². The zero-order chi connectivity index (χ0) is 14.7. The quantitative estimate of drug-likeness (QED) is 0.859. The van der Waals surface area contributed by atoms with Crippen LogP contribution in [0.4, 0.5) is 11.4 Å². The molecule has 2 N–H and O–H groups in total. The van der Waals surface area contributed by atoms with Crippen molar-refractivity contribution in [3.8, 4) is 5.75 Å². The number of nitrogens with zero attached hydrogens (tertiary/aromatic N) is 2. The van der Waals surface area contributed by atoms with Gasteiger partial charge in [-0.3, -0.25) is 4.90 Å². The summed E-state index contributed by atoms with van der Waals surface area (Å²) in [5, 5.41) is 0. The average molecular weight is 277 g/mol. The average Bonchev–Trinajstić information content (AvgIpc) is 2.37. The summed E-state index contributed by atoms with van der Waals surface area (Å²) in [7, 11) is 2.21. The Balaban J connectivity index is 2.17. The number of nitrogen functional groups attached to an aromatic ring is 1. The number of rotatable bonds is 4. The van der Waals surface area contributed by atoms with Gasteiger partial charge < -0.3 is 15.4 Å². The van der Waals surface area contributed by atoms with E-state index in [9.17, 15) is 0 Å². The summed E-state index contributed by atoms with van der Waals surface area (Å²) in [5.74, 6) is 0.863. The highest BCUT2D eigenvalue weighted by Crippen LogP contribution is 2.28. The van der Waals surface area contributed by atoms with Gasteiger partial charge in [0.1, 0.15) is 5.75 Å². The number of nitrogens with two attached hydrogens (primary N) is 1. The molecule has 1 heterocycles. The Labute approximate surface area is 122 Å². The van der Waals surface area contributed by atoms with Crippen molar-refractivity contribution in [2.45, 2.75) is 39.3 Å². The van der Waals surface area contributed by atoms with Crippen LogP contribution in [0.3, 0.4) is 0 Å². The molecule has 2 rings (SSSR count). The first-order valence-corrected chi connectivity index (χ1v) is 7.52. The third kappa shape index (κ3) is 3.57.